The van der Waals surface area contributed by atoms with Gasteiger partial charge in [-0.1, -0.05) is 0 Å². The number of alkyl halides is 3. The zero-order valence-electron chi connectivity index (χ0n) is 5.46. The van der Waals surface area contributed by atoms with Crippen molar-refractivity contribution in [3.05, 3.63) is 0 Å². The Morgan fingerprint density at radius 3 is 1.92 bits per heavy atom. The van der Waals surface area contributed by atoms with Crippen LogP contribution in [0, 0.1) is 0 Å². The Kier molecular flexibility index (Phi) is 3.02. The fourth-order valence-corrected chi connectivity index (χ4v) is 0.364. The zero-order valence-corrected chi connectivity index (χ0v) is 5.46. The fourth-order valence-electron chi connectivity index (χ4n) is 0.364. The average molecular weight is 187 g/mol. The molecule has 0 bridgehead atoms. The van der Waals surface area contributed by atoms with Gasteiger partial charge in [-0.15, -0.1) is 13.2 Å². The van der Waals surface area contributed by atoms with Crippen LogP contribution in [0.5, 0.6) is 0 Å². The van der Waals surface area contributed by atoms with Gasteiger partial charge in [0.05, 0.1) is 0 Å². The van der Waals surface area contributed by atoms with Gasteiger partial charge in [-0.05, 0) is 0 Å². The van der Waals surface area contributed by atoms with E-state index >= 15 is 0 Å². The Morgan fingerprint density at radius 2 is 1.83 bits per heavy atom. The second kappa shape index (κ2) is 3.39. The third kappa shape index (κ3) is 3.76. The van der Waals surface area contributed by atoms with Gasteiger partial charge in [0.2, 0.25) is 6.10 Å². The van der Waals surface area contributed by atoms with E-state index in [-0.39, 0.29) is 0 Å². The van der Waals surface area contributed by atoms with Crippen LogP contribution in [0.4, 0.5) is 13.2 Å². The first-order chi connectivity index (χ1) is 5.24. The molecule has 0 saturated heterocycles. The van der Waals surface area contributed by atoms with Crippen molar-refractivity contribution in [1.29, 1.82) is 0 Å². The Balaban J connectivity index is 4.35. The Morgan fingerprint density at radius 1 is 1.42 bits per heavy atom. The molecule has 1 unspecified atom stereocenters. The third-order valence-electron chi connectivity index (χ3n) is 0.734. The van der Waals surface area contributed by atoms with Crippen LogP contribution in [0.15, 0.2) is 0 Å². The predicted molar refractivity (Wildman–Crippen MR) is 27.8 cm³/mol. The zero-order chi connectivity index (χ0) is 9.94. The largest absolute Gasteiger partial charge is 0.523 e. The summed E-state index contributed by atoms with van der Waals surface area (Å²) < 4.78 is 36.9. The van der Waals surface area contributed by atoms with E-state index < -0.39 is 24.3 Å². The first-order valence-electron chi connectivity index (χ1n) is 2.50. The minimum absolute atomic E-state index is 1.71. The first kappa shape index (κ1) is 10.7. The molecule has 0 fully saturated rings. The molecule has 3 N–H and O–H groups in total. The van der Waals surface area contributed by atoms with Crippen LogP contribution in [0.25, 0.3) is 0 Å². The summed E-state index contributed by atoms with van der Waals surface area (Å²) in [5.41, 5.74) is 4.30. The van der Waals surface area contributed by atoms with E-state index in [1.54, 1.807) is 0 Å². The lowest BCUT2D eigenvalue weighted by atomic mass is 10.3. The molecular weight excluding hydrogens is 183 g/mol. The highest BCUT2D eigenvalue weighted by Crippen LogP contribution is 2.18. The number of primary amides is 1. The molecule has 0 aliphatic heterocycles. The van der Waals surface area contributed by atoms with E-state index in [0.29, 0.717) is 0 Å². The highest BCUT2D eigenvalue weighted by Gasteiger charge is 2.39. The highest BCUT2D eigenvalue weighted by molar-refractivity contribution is 5.99. The summed E-state index contributed by atoms with van der Waals surface area (Å²) in [7, 11) is 0. The summed E-state index contributed by atoms with van der Waals surface area (Å²) in [6.07, 6.45) is -7.89. The van der Waals surface area contributed by atoms with Crippen molar-refractivity contribution in [2.45, 2.75) is 12.5 Å². The predicted octanol–water partition coefficient (Wildman–Crippen LogP) is -0.539. The summed E-state index contributed by atoms with van der Waals surface area (Å²) >= 11 is 0. The molecule has 0 aromatic heterocycles. The number of hydrogen-bond donors (Lipinski definition) is 2. The first-order valence-corrected chi connectivity index (χ1v) is 2.50. The molecule has 12 heavy (non-hydrogen) atoms. The molecule has 0 aliphatic carbocycles. The average Bonchev–Trinajstić information content (AvgIpc) is 1.79. The van der Waals surface area contributed by atoms with E-state index in [9.17, 15) is 22.8 Å². The number of carboxylic acids is 1. The van der Waals surface area contributed by atoms with Crippen LogP contribution in [0.2, 0.25) is 0 Å². The topological polar surface area (TPSA) is 89.6 Å². The van der Waals surface area contributed by atoms with Crippen molar-refractivity contribution in [2.75, 3.05) is 0 Å². The van der Waals surface area contributed by atoms with Gasteiger partial charge >= 0.3 is 12.3 Å². The molecule has 1 amide bonds. The van der Waals surface area contributed by atoms with E-state index in [1.807, 2.05) is 0 Å². The molecule has 0 heterocycles. The minimum atomic E-state index is -5.20. The van der Waals surface area contributed by atoms with Gasteiger partial charge < -0.3 is 10.8 Å². The van der Waals surface area contributed by atoms with Gasteiger partial charge in [-0.25, -0.2) is 4.79 Å². The molecule has 1 atom stereocenters. The van der Waals surface area contributed by atoms with Crippen LogP contribution in [0.3, 0.4) is 0 Å². The summed E-state index contributed by atoms with van der Waals surface area (Å²) in [6, 6.07) is 0. The lowest BCUT2D eigenvalue weighted by molar-refractivity contribution is -0.334. The second-order valence-corrected chi connectivity index (χ2v) is 1.68. The molecule has 8 heteroatoms. The molecule has 5 nitrogen and oxygen atoms in total. The van der Waals surface area contributed by atoms with Crippen molar-refractivity contribution >= 4 is 11.9 Å². The van der Waals surface area contributed by atoms with Gasteiger partial charge in [-0.3, -0.25) is 9.53 Å². The van der Waals surface area contributed by atoms with Crippen molar-refractivity contribution in [3.8, 4) is 0 Å². The number of rotatable bonds is 3. The summed E-state index contributed by atoms with van der Waals surface area (Å²) in [5.74, 6) is -3.79. The van der Waals surface area contributed by atoms with Crippen LogP contribution >= 0.6 is 0 Å². The standard InChI is InChI=1S/C4H4F3NO4/c5-4(6,7)12-1(2(8)9)3(10)11/h1H,(H2,8,9)(H,10,11). The number of carbonyl (C=O) groups excluding carboxylic acids is 1. The van der Waals surface area contributed by atoms with Crippen LogP contribution < -0.4 is 5.73 Å². The van der Waals surface area contributed by atoms with Gasteiger partial charge in [0.1, 0.15) is 0 Å². The number of carboxylic acid groups (broad SMARTS) is 1. The van der Waals surface area contributed by atoms with Crippen LogP contribution in [-0.2, 0) is 14.3 Å². The monoisotopic (exact) mass is 187 g/mol. The summed E-state index contributed by atoms with van der Waals surface area (Å²) in [5, 5.41) is 7.98. The Hall–Kier alpha value is -1.31. The summed E-state index contributed by atoms with van der Waals surface area (Å²) in [4.78, 5) is 19.9. The van der Waals surface area contributed by atoms with Gasteiger partial charge in [-0.2, -0.15) is 0 Å². The normalized spacial score (nSPS) is 13.9. The van der Waals surface area contributed by atoms with Crippen molar-refractivity contribution in [3.63, 3.8) is 0 Å². The minimum Gasteiger partial charge on any atom is -0.479 e. The SMILES string of the molecule is NC(=O)C(OC(F)(F)F)C(=O)O. The van der Waals surface area contributed by atoms with Crippen molar-refractivity contribution in [1.82, 2.24) is 0 Å². The number of aliphatic carboxylic acids is 1. The molecule has 0 saturated carbocycles. The lowest BCUT2D eigenvalue weighted by Gasteiger charge is -2.11. The third-order valence-corrected chi connectivity index (χ3v) is 0.734. The van der Waals surface area contributed by atoms with Gasteiger partial charge in [0, 0.05) is 0 Å². The Labute approximate surface area is 63.9 Å². The van der Waals surface area contributed by atoms with E-state index in [1.165, 1.54) is 0 Å². The maximum atomic E-state index is 11.3. The highest BCUT2D eigenvalue weighted by atomic mass is 19.4. The molecule has 0 aromatic carbocycles. The molecule has 0 aliphatic rings. The smallest absolute Gasteiger partial charge is 0.479 e. The Bertz CT molecular complexity index is 187. The number of ether oxygens (including phenoxy) is 1. The number of nitrogens with two attached hydrogens (primary N) is 1. The number of amides is 1. The van der Waals surface area contributed by atoms with E-state index in [4.69, 9.17) is 5.11 Å². The van der Waals surface area contributed by atoms with Crippen LogP contribution in [-0.4, -0.2) is 29.4 Å². The molecule has 0 rings (SSSR count). The quantitative estimate of drug-likeness (QED) is 0.580. The summed E-state index contributed by atoms with van der Waals surface area (Å²) in [6.45, 7) is 0. The van der Waals surface area contributed by atoms with Crippen LogP contribution in [0.1, 0.15) is 0 Å². The lowest BCUT2D eigenvalue weighted by Crippen LogP contribution is -2.41. The molecule has 0 aromatic rings. The molecule has 0 radical (unpaired) electrons. The molecule has 70 valence electrons. The maximum absolute atomic E-state index is 11.3. The maximum Gasteiger partial charge on any atom is 0.523 e. The van der Waals surface area contributed by atoms with E-state index in [0.717, 1.165) is 0 Å². The van der Waals surface area contributed by atoms with Gasteiger partial charge in [0.25, 0.3) is 5.91 Å². The number of hydrogen-bond acceptors (Lipinski definition) is 3. The number of carbonyl (C=O) groups is 2. The fraction of sp³-hybridized carbons (Fsp3) is 0.500. The van der Waals surface area contributed by atoms with Gasteiger partial charge in [0.15, 0.2) is 0 Å². The van der Waals surface area contributed by atoms with Crippen molar-refractivity contribution in [2.24, 2.45) is 5.73 Å². The second-order valence-electron chi connectivity index (χ2n) is 1.68. The number of halogens is 3. The molecular formula is C4H4F3NO4. The van der Waals surface area contributed by atoms with Crippen molar-refractivity contribution < 1.29 is 32.6 Å². The van der Waals surface area contributed by atoms with E-state index in [2.05, 4.69) is 10.5 Å². The molecule has 0 spiro atoms.